The number of para-hydroxylation sites is 2. The Balaban J connectivity index is 1.03. The van der Waals surface area contributed by atoms with Crippen LogP contribution in [0.5, 0.6) is 0 Å². The Morgan fingerprint density at radius 2 is 1.00 bits per heavy atom. The SMILES string of the molecule is CC1(C)c2cc(-c3cccc4c3oc3c(-c5cccc(-c6nc(-c7ccccc7)nc(-c7ccccc7)n6)c5)cccc34)ccc2-c2c1ccc1ncoc21. The molecule has 0 saturated heterocycles. The van der Waals surface area contributed by atoms with Gasteiger partial charge in [-0.05, 0) is 46.0 Å². The molecular weight excluding hydrogens is 677 g/mol. The first kappa shape index (κ1) is 31.4. The van der Waals surface area contributed by atoms with E-state index < -0.39 is 0 Å². The van der Waals surface area contributed by atoms with Gasteiger partial charge in [0, 0.05) is 49.6 Å². The molecule has 0 aliphatic heterocycles. The van der Waals surface area contributed by atoms with Crippen molar-refractivity contribution < 1.29 is 8.83 Å². The van der Waals surface area contributed by atoms with E-state index in [-0.39, 0.29) is 5.41 Å². The van der Waals surface area contributed by atoms with Crippen molar-refractivity contribution in [3.63, 3.8) is 0 Å². The van der Waals surface area contributed by atoms with E-state index >= 15 is 0 Å². The van der Waals surface area contributed by atoms with Crippen LogP contribution in [0.1, 0.15) is 25.0 Å². The van der Waals surface area contributed by atoms with E-state index in [2.05, 4.69) is 110 Å². The molecule has 0 fully saturated rings. The van der Waals surface area contributed by atoms with E-state index in [4.69, 9.17) is 23.8 Å². The molecule has 10 aromatic rings. The fraction of sp³-hybridized carbons (Fsp3) is 0.0612. The Hall–Kier alpha value is -7.18. The average Bonchev–Trinajstić information content (AvgIpc) is 3.94. The summed E-state index contributed by atoms with van der Waals surface area (Å²) in [5.41, 5.74) is 15.0. The van der Waals surface area contributed by atoms with Gasteiger partial charge in [-0.15, -0.1) is 0 Å². The molecule has 0 bridgehead atoms. The second-order valence-electron chi connectivity index (χ2n) is 14.7. The van der Waals surface area contributed by atoms with Crippen LogP contribution in [0.25, 0.3) is 101 Å². The molecule has 0 saturated carbocycles. The van der Waals surface area contributed by atoms with Crippen molar-refractivity contribution in [1.82, 2.24) is 19.9 Å². The first-order chi connectivity index (χ1) is 27.0. The van der Waals surface area contributed by atoms with Crippen LogP contribution in [-0.2, 0) is 5.41 Å². The molecular formula is C49H32N4O2. The zero-order chi connectivity index (χ0) is 36.7. The summed E-state index contributed by atoms with van der Waals surface area (Å²) < 4.78 is 12.8. The number of oxazole rings is 1. The summed E-state index contributed by atoms with van der Waals surface area (Å²) in [7, 11) is 0. The average molecular weight is 709 g/mol. The van der Waals surface area contributed by atoms with Crippen LogP contribution in [0.2, 0.25) is 0 Å². The maximum atomic E-state index is 6.94. The van der Waals surface area contributed by atoms with Gasteiger partial charge >= 0.3 is 0 Å². The maximum Gasteiger partial charge on any atom is 0.182 e. The van der Waals surface area contributed by atoms with Crippen molar-refractivity contribution in [3.8, 4) is 67.5 Å². The number of furan rings is 1. The van der Waals surface area contributed by atoms with E-state index in [0.29, 0.717) is 17.5 Å². The van der Waals surface area contributed by atoms with Crippen LogP contribution in [0.15, 0.2) is 167 Å². The minimum Gasteiger partial charge on any atom is -0.455 e. The van der Waals surface area contributed by atoms with Gasteiger partial charge in [0.25, 0.3) is 0 Å². The molecule has 3 heterocycles. The first-order valence-electron chi connectivity index (χ1n) is 18.5. The van der Waals surface area contributed by atoms with Crippen LogP contribution in [0.3, 0.4) is 0 Å². The summed E-state index contributed by atoms with van der Waals surface area (Å²) in [5.74, 6) is 1.87. The third kappa shape index (κ3) is 4.88. The van der Waals surface area contributed by atoms with Crippen LogP contribution in [0, 0.1) is 0 Å². The van der Waals surface area contributed by atoms with E-state index in [0.717, 1.165) is 77.5 Å². The molecule has 0 spiro atoms. The highest BCUT2D eigenvalue weighted by atomic mass is 16.3. The zero-order valence-corrected chi connectivity index (χ0v) is 30.1. The molecule has 6 heteroatoms. The second-order valence-corrected chi connectivity index (χ2v) is 14.7. The van der Waals surface area contributed by atoms with Gasteiger partial charge in [0.2, 0.25) is 0 Å². The van der Waals surface area contributed by atoms with Crippen molar-refractivity contribution in [2.75, 3.05) is 0 Å². The van der Waals surface area contributed by atoms with Gasteiger partial charge in [0.15, 0.2) is 29.4 Å². The highest BCUT2D eigenvalue weighted by Gasteiger charge is 2.38. The molecule has 7 aromatic carbocycles. The van der Waals surface area contributed by atoms with Gasteiger partial charge in [0.1, 0.15) is 16.7 Å². The lowest BCUT2D eigenvalue weighted by Crippen LogP contribution is -2.14. The molecule has 0 amide bonds. The topological polar surface area (TPSA) is 77.8 Å². The largest absolute Gasteiger partial charge is 0.455 e. The lowest BCUT2D eigenvalue weighted by Gasteiger charge is -2.22. The molecule has 260 valence electrons. The van der Waals surface area contributed by atoms with Gasteiger partial charge < -0.3 is 8.83 Å². The number of hydrogen-bond acceptors (Lipinski definition) is 6. The summed E-state index contributed by atoms with van der Waals surface area (Å²) in [6.07, 6.45) is 1.54. The zero-order valence-electron chi connectivity index (χ0n) is 30.1. The summed E-state index contributed by atoms with van der Waals surface area (Å²) in [6, 6.07) is 52.3. The van der Waals surface area contributed by atoms with E-state index in [9.17, 15) is 0 Å². The second kappa shape index (κ2) is 11.9. The summed E-state index contributed by atoms with van der Waals surface area (Å²) in [6.45, 7) is 4.57. The van der Waals surface area contributed by atoms with Gasteiger partial charge in [-0.3, -0.25) is 0 Å². The fourth-order valence-electron chi connectivity index (χ4n) is 8.35. The molecule has 11 rings (SSSR count). The Labute approximate surface area is 316 Å². The molecule has 1 aliphatic rings. The van der Waals surface area contributed by atoms with Crippen molar-refractivity contribution in [2.24, 2.45) is 0 Å². The molecule has 55 heavy (non-hydrogen) atoms. The van der Waals surface area contributed by atoms with Crippen LogP contribution >= 0.6 is 0 Å². The number of aromatic nitrogens is 4. The fourth-order valence-corrected chi connectivity index (χ4v) is 8.35. The maximum absolute atomic E-state index is 6.94. The predicted octanol–water partition coefficient (Wildman–Crippen LogP) is 12.6. The minimum absolute atomic E-state index is 0.204. The van der Waals surface area contributed by atoms with Crippen molar-refractivity contribution in [3.05, 3.63) is 169 Å². The molecule has 1 aliphatic carbocycles. The van der Waals surface area contributed by atoms with Crippen molar-refractivity contribution in [1.29, 1.82) is 0 Å². The van der Waals surface area contributed by atoms with E-state index in [1.165, 1.54) is 23.1 Å². The van der Waals surface area contributed by atoms with E-state index in [1.807, 2.05) is 60.7 Å². The number of hydrogen-bond donors (Lipinski definition) is 0. The summed E-state index contributed by atoms with van der Waals surface area (Å²) in [5, 5.41) is 2.15. The van der Waals surface area contributed by atoms with Gasteiger partial charge in [-0.25, -0.2) is 19.9 Å². The first-order valence-corrected chi connectivity index (χ1v) is 18.5. The Kier molecular flexibility index (Phi) is 6.79. The minimum atomic E-state index is -0.204. The molecule has 0 atom stereocenters. The monoisotopic (exact) mass is 708 g/mol. The number of fused-ring (bicyclic) bond motifs is 8. The third-order valence-electron chi connectivity index (χ3n) is 11.1. The Morgan fingerprint density at radius 3 is 1.65 bits per heavy atom. The number of benzene rings is 7. The highest BCUT2D eigenvalue weighted by molar-refractivity contribution is 6.13. The molecule has 0 radical (unpaired) electrons. The molecule has 3 aromatic heterocycles. The smallest absolute Gasteiger partial charge is 0.182 e. The van der Waals surface area contributed by atoms with Crippen molar-refractivity contribution >= 4 is 33.0 Å². The Morgan fingerprint density at radius 1 is 0.436 bits per heavy atom. The number of nitrogens with zero attached hydrogens (tertiary/aromatic N) is 4. The summed E-state index contributed by atoms with van der Waals surface area (Å²) >= 11 is 0. The molecule has 0 unspecified atom stereocenters. The van der Waals surface area contributed by atoms with Crippen LogP contribution < -0.4 is 0 Å². The Bertz CT molecular complexity index is 3070. The molecule has 0 N–H and O–H groups in total. The predicted molar refractivity (Wildman–Crippen MR) is 219 cm³/mol. The van der Waals surface area contributed by atoms with Gasteiger partial charge in [0.05, 0.1) is 0 Å². The lowest BCUT2D eigenvalue weighted by atomic mass is 9.81. The van der Waals surface area contributed by atoms with Gasteiger partial charge in [-0.1, -0.05) is 147 Å². The van der Waals surface area contributed by atoms with Crippen molar-refractivity contribution in [2.45, 2.75) is 19.3 Å². The molecule has 6 nitrogen and oxygen atoms in total. The van der Waals surface area contributed by atoms with Gasteiger partial charge in [-0.2, -0.15) is 0 Å². The third-order valence-corrected chi connectivity index (χ3v) is 11.1. The normalized spacial score (nSPS) is 13.1. The van der Waals surface area contributed by atoms with Crippen LogP contribution in [-0.4, -0.2) is 19.9 Å². The quantitative estimate of drug-likeness (QED) is 0.177. The van der Waals surface area contributed by atoms with Crippen LogP contribution in [0.4, 0.5) is 0 Å². The summed E-state index contributed by atoms with van der Waals surface area (Å²) in [4.78, 5) is 19.3. The standard InChI is InChI=1S/C49H32N4O2/c1-49(2)39-24-25-41-45(54-28-50-41)42(39)38-23-22-32(27-40(38)49)35-19-11-21-37-36-20-10-18-34(43(36)55-44(35)37)31-16-9-17-33(26-31)48-52-46(29-12-5-3-6-13-29)51-47(53-48)30-14-7-4-8-15-30/h3-28H,1-2H3. The lowest BCUT2D eigenvalue weighted by molar-refractivity contribution is 0.601. The van der Waals surface area contributed by atoms with E-state index in [1.54, 1.807) is 0 Å². The highest BCUT2D eigenvalue weighted by Crippen LogP contribution is 2.52. The number of rotatable bonds is 5.